The highest BCUT2D eigenvalue weighted by Crippen LogP contribution is 2.23. The third kappa shape index (κ3) is 6.46. The summed E-state index contributed by atoms with van der Waals surface area (Å²) in [6, 6.07) is 28.6. The molecule has 0 aliphatic heterocycles. The summed E-state index contributed by atoms with van der Waals surface area (Å²) in [5.41, 5.74) is 2.75. The molecule has 0 saturated carbocycles. The first kappa shape index (κ1) is 18.8. The lowest BCUT2D eigenvalue weighted by Gasteiger charge is -2.08. The molecule has 0 aliphatic rings. The second-order valence-electron chi connectivity index (χ2n) is 6.70. The molecule has 1 nitrogen and oxygen atoms in total. The van der Waals surface area contributed by atoms with Crippen LogP contribution >= 0.6 is 0 Å². The SMILES string of the molecule is CC(C)c1ccc(Oc2ccccc2)cc1.CC(C)c1ccccc1. The van der Waals surface area contributed by atoms with Crippen molar-refractivity contribution in [3.05, 3.63) is 96.1 Å². The third-order valence-corrected chi connectivity index (χ3v) is 3.99. The molecule has 0 heterocycles. The highest BCUT2D eigenvalue weighted by atomic mass is 16.5. The minimum Gasteiger partial charge on any atom is -0.457 e. The van der Waals surface area contributed by atoms with Crippen molar-refractivity contribution in [3.63, 3.8) is 0 Å². The molecule has 0 radical (unpaired) electrons. The van der Waals surface area contributed by atoms with Crippen molar-refractivity contribution in [2.24, 2.45) is 0 Å². The number of benzene rings is 3. The van der Waals surface area contributed by atoms with Crippen LogP contribution in [0, 0.1) is 0 Å². The second-order valence-corrected chi connectivity index (χ2v) is 6.70. The maximum absolute atomic E-state index is 5.71. The topological polar surface area (TPSA) is 9.23 Å². The number of rotatable bonds is 4. The van der Waals surface area contributed by atoms with Gasteiger partial charge in [-0.1, -0.05) is 88.4 Å². The molecule has 3 aromatic carbocycles. The quantitative estimate of drug-likeness (QED) is 0.483. The number of para-hydroxylation sites is 1. The van der Waals surface area contributed by atoms with Crippen LogP contribution in [0.1, 0.15) is 50.7 Å². The van der Waals surface area contributed by atoms with Crippen LogP contribution in [0.4, 0.5) is 0 Å². The third-order valence-electron chi connectivity index (χ3n) is 3.99. The molecule has 0 atom stereocenters. The Labute approximate surface area is 152 Å². The molecule has 3 rings (SSSR count). The molecule has 0 aromatic heterocycles. The standard InChI is InChI=1S/C15H16O.C9H12/c1-12(2)13-8-10-15(11-9-13)16-14-6-4-3-5-7-14;1-8(2)9-6-4-3-5-7-9/h3-12H,1-2H3;3-8H,1-2H3. The van der Waals surface area contributed by atoms with Gasteiger partial charge in [-0.05, 0) is 47.2 Å². The van der Waals surface area contributed by atoms with Crippen LogP contribution in [0.5, 0.6) is 11.5 Å². The van der Waals surface area contributed by atoms with Crippen LogP contribution in [0.25, 0.3) is 0 Å². The highest BCUT2D eigenvalue weighted by molar-refractivity contribution is 5.33. The Bertz CT molecular complexity index is 713. The fourth-order valence-electron chi connectivity index (χ4n) is 2.38. The average molecular weight is 332 g/mol. The van der Waals surface area contributed by atoms with Crippen LogP contribution < -0.4 is 4.74 Å². The summed E-state index contributed by atoms with van der Waals surface area (Å²) < 4.78 is 5.71. The van der Waals surface area contributed by atoms with Crippen molar-refractivity contribution in [1.29, 1.82) is 0 Å². The van der Waals surface area contributed by atoms with E-state index in [-0.39, 0.29) is 0 Å². The van der Waals surface area contributed by atoms with Crippen LogP contribution in [-0.4, -0.2) is 0 Å². The minimum atomic E-state index is 0.561. The van der Waals surface area contributed by atoms with E-state index in [2.05, 4.69) is 64.1 Å². The van der Waals surface area contributed by atoms with Crippen LogP contribution in [-0.2, 0) is 0 Å². The Morgan fingerprint density at radius 2 is 0.880 bits per heavy atom. The first-order valence-corrected chi connectivity index (χ1v) is 8.94. The molecule has 0 unspecified atom stereocenters. The molecule has 0 N–H and O–H groups in total. The first-order chi connectivity index (χ1) is 12.1. The summed E-state index contributed by atoms with van der Waals surface area (Å²) in [5.74, 6) is 2.98. The maximum Gasteiger partial charge on any atom is 0.127 e. The largest absolute Gasteiger partial charge is 0.457 e. The minimum absolute atomic E-state index is 0.561. The average Bonchev–Trinajstić information content (AvgIpc) is 2.64. The monoisotopic (exact) mass is 332 g/mol. The van der Waals surface area contributed by atoms with Gasteiger partial charge in [-0.2, -0.15) is 0 Å². The normalized spacial score (nSPS) is 10.3. The molecule has 25 heavy (non-hydrogen) atoms. The molecule has 3 aromatic rings. The zero-order valence-electron chi connectivity index (χ0n) is 15.6. The van der Waals surface area contributed by atoms with Crippen LogP contribution in [0.2, 0.25) is 0 Å². The summed E-state index contributed by atoms with van der Waals surface area (Å²) in [7, 11) is 0. The van der Waals surface area contributed by atoms with E-state index in [1.165, 1.54) is 11.1 Å². The molecule has 0 bridgehead atoms. The Kier molecular flexibility index (Phi) is 7.28. The fourth-order valence-corrected chi connectivity index (χ4v) is 2.38. The molecular formula is C24H28O. The Morgan fingerprint density at radius 1 is 0.480 bits per heavy atom. The lowest BCUT2D eigenvalue weighted by Crippen LogP contribution is -1.88. The van der Waals surface area contributed by atoms with Gasteiger partial charge >= 0.3 is 0 Å². The number of ether oxygens (including phenoxy) is 1. The van der Waals surface area contributed by atoms with Gasteiger partial charge in [0.15, 0.2) is 0 Å². The van der Waals surface area contributed by atoms with Crippen molar-refractivity contribution in [2.75, 3.05) is 0 Å². The highest BCUT2D eigenvalue weighted by Gasteiger charge is 2.00. The van der Waals surface area contributed by atoms with E-state index in [9.17, 15) is 0 Å². The molecular weight excluding hydrogens is 304 g/mol. The van der Waals surface area contributed by atoms with E-state index in [1.807, 2.05) is 48.5 Å². The van der Waals surface area contributed by atoms with Gasteiger partial charge in [0.25, 0.3) is 0 Å². The molecule has 0 spiro atoms. The molecule has 0 aliphatic carbocycles. The van der Waals surface area contributed by atoms with Crippen molar-refractivity contribution < 1.29 is 4.74 Å². The molecule has 0 saturated heterocycles. The molecule has 130 valence electrons. The first-order valence-electron chi connectivity index (χ1n) is 8.94. The van der Waals surface area contributed by atoms with Gasteiger partial charge in [0.05, 0.1) is 0 Å². The second kappa shape index (κ2) is 9.68. The van der Waals surface area contributed by atoms with Crippen molar-refractivity contribution in [3.8, 4) is 11.5 Å². The van der Waals surface area contributed by atoms with E-state index < -0.39 is 0 Å². The van der Waals surface area contributed by atoms with Crippen molar-refractivity contribution in [2.45, 2.75) is 39.5 Å². The van der Waals surface area contributed by atoms with Crippen LogP contribution in [0.15, 0.2) is 84.9 Å². The summed E-state index contributed by atoms with van der Waals surface area (Å²) in [6.07, 6.45) is 0. The lowest BCUT2D eigenvalue weighted by atomic mass is 10.0. The number of hydrogen-bond acceptors (Lipinski definition) is 1. The van der Waals surface area contributed by atoms with Gasteiger partial charge < -0.3 is 4.74 Å². The van der Waals surface area contributed by atoms with E-state index in [1.54, 1.807) is 0 Å². The molecule has 0 amide bonds. The predicted octanol–water partition coefficient (Wildman–Crippen LogP) is 7.41. The Balaban J connectivity index is 0.000000212. The zero-order valence-corrected chi connectivity index (χ0v) is 15.6. The Morgan fingerprint density at radius 3 is 1.32 bits per heavy atom. The van der Waals surface area contributed by atoms with E-state index in [0.29, 0.717) is 11.8 Å². The predicted molar refractivity (Wildman–Crippen MR) is 108 cm³/mol. The summed E-state index contributed by atoms with van der Waals surface area (Å²) >= 11 is 0. The summed E-state index contributed by atoms with van der Waals surface area (Å²) in [6.45, 7) is 8.78. The summed E-state index contributed by atoms with van der Waals surface area (Å²) in [5, 5.41) is 0. The zero-order chi connectivity index (χ0) is 18.1. The van der Waals surface area contributed by atoms with E-state index in [4.69, 9.17) is 4.74 Å². The van der Waals surface area contributed by atoms with Gasteiger partial charge in [0.2, 0.25) is 0 Å². The smallest absolute Gasteiger partial charge is 0.127 e. The van der Waals surface area contributed by atoms with E-state index in [0.717, 1.165) is 11.5 Å². The lowest BCUT2D eigenvalue weighted by molar-refractivity contribution is 0.482. The van der Waals surface area contributed by atoms with Gasteiger partial charge in [0.1, 0.15) is 11.5 Å². The van der Waals surface area contributed by atoms with E-state index >= 15 is 0 Å². The van der Waals surface area contributed by atoms with Crippen molar-refractivity contribution >= 4 is 0 Å². The maximum atomic E-state index is 5.71. The molecule has 0 fully saturated rings. The Hall–Kier alpha value is -2.54. The van der Waals surface area contributed by atoms with Gasteiger partial charge in [-0.15, -0.1) is 0 Å². The van der Waals surface area contributed by atoms with Crippen molar-refractivity contribution in [1.82, 2.24) is 0 Å². The molecule has 1 heteroatoms. The number of hydrogen-bond donors (Lipinski definition) is 0. The van der Waals surface area contributed by atoms with Gasteiger partial charge in [0, 0.05) is 0 Å². The van der Waals surface area contributed by atoms with Crippen LogP contribution in [0.3, 0.4) is 0 Å². The van der Waals surface area contributed by atoms with Gasteiger partial charge in [-0.25, -0.2) is 0 Å². The van der Waals surface area contributed by atoms with Gasteiger partial charge in [-0.3, -0.25) is 0 Å². The summed E-state index contributed by atoms with van der Waals surface area (Å²) in [4.78, 5) is 0. The fraction of sp³-hybridized carbons (Fsp3) is 0.250.